The smallest absolute Gasteiger partial charge is 0.180 e. The minimum absolute atomic E-state index is 0.622. The molecule has 1 aromatic carbocycles. The van der Waals surface area contributed by atoms with Gasteiger partial charge in [0, 0.05) is 11.1 Å². The van der Waals surface area contributed by atoms with Crippen molar-refractivity contribution in [2.75, 3.05) is 11.1 Å². The summed E-state index contributed by atoms with van der Waals surface area (Å²) in [7, 11) is 0. The normalized spacial score (nSPS) is 10.4. The highest BCUT2D eigenvalue weighted by Crippen LogP contribution is 2.16. The van der Waals surface area contributed by atoms with Gasteiger partial charge < -0.3 is 11.1 Å². The highest BCUT2D eigenvalue weighted by atomic mass is 32.1. The van der Waals surface area contributed by atoms with Crippen LogP contribution in [0.5, 0.6) is 0 Å². The van der Waals surface area contributed by atoms with E-state index >= 15 is 0 Å². The van der Waals surface area contributed by atoms with Crippen molar-refractivity contribution < 1.29 is 0 Å². The summed E-state index contributed by atoms with van der Waals surface area (Å²) < 4.78 is 0. The van der Waals surface area contributed by atoms with Crippen LogP contribution in [0.25, 0.3) is 0 Å². The molecule has 2 rings (SSSR count). The van der Waals surface area contributed by atoms with E-state index < -0.39 is 0 Å². The fraction of sp³-hybridized carbons (Fsp3) is 0.250. The Hall–Kier alpha value is -1.55. The molecule has 0 amide bonds. The maximum atomic E-state index is 5.57. The van der Waals surface area contributed by atoms with Gasteiger partial charge in [-0.3, -0.25) is 0 Å². The summed E-state index contributed by atoms with van der Waals surface area (Å²) in [6.45, 7) is 4.94. The lowest BCUT2D eigenvalue weighted by Crippen LogP contribution is -2.00. The molecule has 0 saturated carbocycles. The molecule has 0 radical (unpaired) electrons. The van der Waals surface area contributed by atoms with Crippen molar-refractivity contribution in [1.29, 1.82) is 0 Å². The third-order valence-electron chi connectivity index (χ3n) is 2.55. The lowest BCUT2D eigenvalue weighted by atomic mass is 10.1. The number of anilines is 2. The van der Waals surface area contributed by atoms with Gasteiger partial charge in [0.1, 0.15) is 0 Å². The largest absolute Gasteiger partial charge is 0.379 e. The summed E-state index contributed by atoms with van der Waals surface area (Å²) in [6, 6.07) is 6.34. The van der Waals surface area contributed by atoms with Crippen molar-refractivity contribution in [2.24, 2.45) is 0 Å². The maximum absolute atomic E-state index is 5.57. The number of nitrogen functional groups attached to an aromatic ring is 1. The first-order valence-electron chi connectivity index (χ1n) is 5.16. The van der Waals surface area contributed by atoms with Gasteiger partial charge in [-0.15, -0.1) is 11.3 Å². The topological polar surface area (TPSA) is 50.9 Å². The molecule has 0 aliphatic heterocycles. The lowest BCUT2D eigenvalue weighted by Gasteiger charge is -2.07. The molecule has 0 saturated heterocycles. The van der Waals surface area contributed by atoms with Crippen LogP contribution < -0.4 is 11.1 Å². The molecule has 3 N–H and O–H groups in total. The van der Waals surface area contributed by atoms with E-state index in [1.54, 1.807) is 0 Å². The zero-order chi connectivity index (χ0) is 11.5. The highest BCUT2D eigenvalue weighted by Gasteiger charge is 1.99. The number of hydrogen-bond acceptors (Lipinski definition) is 4. The van der Waals surface area contributed by atoms with E-state index in [0.717, 1.165) is 17.9 Å². The van der Waals surface area contributed by atoms with Gasteiger partial charge in [-0.05, 0) is 37.1 Å². The Morgan fingerprint density at radius 3 is 2.75 bits per heavy atom. The molecule has 3 nitrogen and oxygen atoms in total. The Morgan fingerprint density at radius 1 is 1.31 bits per heavy atom. The summed E-state index contributed by atoms with van der Waals surface area (Å²) in [6.07, 6.45) is 0. The zero-order valence-electron chi connectivity index (χ0n) is 9.45. The molecule has 0 aliphatic rings. The van der Waals surface area contributed by atoms with E-state index in [-0.39, 0.29) is 0 Å². The van der Waals surface area contributed by atoms with Gasteiger partial charge >= 0.3 is 0 Å². The van der Waals surface area contributed by atoms with Crippen LogP contribution in [0, 0.1) is 13.8 Å². The van der Waals surface area contributed by atoms with Gasteiger partial charge in [-0.25, -0.2) is 4.98 Å². The molecule has 16 heavy (non-hydrogen) atoms. The third-order valence-corrected chi connectivity index (χ3v) is 3.27. The number of hydrogen-bond donors (Lipinski definition) is 2. The molecule has 1 heterocycles. The Morgan fingerprint density at radius 2 is 2.12 bits per heavy atom. The monoisotopic (exact) mass is 233 g/mol. The minimum atomic E-state index is 0.622. The molecule has 84 valence electrons. The standard InChI is InChI=1S/C12H15N3S/c1-8-3-4-10(5-9(8)2)14-6-11-7-16-12(13)15-11/h3-5,7,14H,6H2,1-2H3,(H2,13,15). The molecule has 0 unspecified atom stereocenters. The van der Waals surface area contributed by atoms with E-state index in [1.165, 1.54) is 22.5 Å². The Balaban J connectivity index is 2.02. The van der Waals surface area contributed by atoms with Crippen LogP contribution in [0.4, 0.5) is 10.8 Å². The summed E-state index contributed by atoms with van der Waals surface area (Å²) in [4.78, 5) is 4.20. The van der Waals surface area contributed by atoms with E-state index in [9.17, 15) is 0 Å². The van der Waals surface area contributed by atoms with E-state index in [1.807, 2.05) is 5.38 Å². The van der Waals surface area contributed by atoms with Gasteiger partial charge in [-0.2, -0.15) is 0 Å². The third kappa shape index (κ3) is 2.52. The molecular formula is C12H15N3S. The molecule has 1 aromatic heterocycles. The number of aryl methyl sites for hydroxylation is 2. The lowest BCUT2D eigenvalue weighted by molar-refractivity contribution is 1.08. The number of nitrogens with two attached hydrogens (primary N) is 1. The van der Waals surface area contributed by atoms with Crippen LogP contribution in [0.2, 0.25) is 0 Å². The van der Waals surface area contributed by atoms with Gasteiger partial charge in [-0.1, -0.05) is 6.07 Å². The number of rotatable bonds is 3. The highest BCUT2D eigenvalue weighted by molar-refractivity contribution is 7.13. The maximum Gasteiger partial charge on any atom is 0.180 e. The fourth-order valence-electron chi connectivity index (χ4n) is 1.45. The number of nitrogens with one attached hydrogen (secondary N) is 1. The predicted octanol–water partition coefficient (Wildman–Crippen LogP) is 2.95. The fourth-order valence-corrected chi connectivity index (χ4v) is 2.01. The van der Waals surface area contributed by atoms with E-state index in [4.69, 9.17) is 5.73 Å². The number of aromatic nitrogens is 1. The summed E-state index contributed by atoms with van der Waals surface area (Å²) in [5, 5.41) is 5.93. The Kier molecular flexibility index (Phi) is 3.10. The van der Waals surface area contributed by atoms with Crippen LogP contribution in [-0.4, -0.2) is 4.98 Å². The van der Waals surface area contributed by atoms with Crippen LogP contribution in [-0.2, 0) is 6.54 Å². The summed E-state index contributed by atoms with van der Waals surface area (Å²) >= 11 is 1.47. The molecule has 0 bridgehead atoms. The molecule has 0 aliphatic carbocycles. The molecule has 0 spiro atoms. The summed E-state index contributed by atoms with van der Waals surface area (Å²) in [5.74, 6) is 0. The van der Waals surface area contributed by atoms with Gasteiger partial charge in [0.25, 0.3) is 0 Å². The second kappa shape index (κ2) is 4.53. The molecule has 4 heteroatoms. The number of thiazole rings is 1. The molecule has 0 atom stereocenters. The van der Waals surface area contributed by atoms with Gasteiger partial charge in [0.05, 0.1) is 12.2 Å². The quantitative estimate of drug-likeness (QED) is 0.857. The van der Waals surface area contributed by atoms with Crippen LogP contribution in [0.3, 0.4) is 0 Å². The second-order valence-corrected chi connectivity index (χ2v) is 4.72. The number of nitrogens with zero attached hydrogens (tertiary/aromatic N) is 1. The van der Waals surface area contributed by atoms with Crippen molar-refractivity contribution in [3.8, 4) is 0 Å². The molecule has 0 fully saturated rings. The van der Waals surface area contributed by atoms with E-state index in [2.05, 4.69) is 42.3 Å². The first-order chi connectivity index (χ1) is 7.65. The van der Waals surface area contributed by atoms with Crippen molar-refractivity contribution in [3.05, 3.63) is 40.4 Å². The van der Waals surface area contributed by atoms with Gasteiger partial charge in [0.15, 0.2) is 5.13 Å². The van der Waals surface area contributed by atoms with Crippen molar-refractivity contribution in [2.45, 2.75) is 20.4 Å². The van der Waals surface area contributed by atoms with Crippen molar-refractivity contribution in [3.63, 3.8) is 0 Å². The Bertz CT molecular complexity index is 491. The Labute approximate surface area is 99.3 Å². The number of benzene rings is 1. The minimum Gasteiger partial charge on any atom is -0.379 e. The first-order valence-corrected chi connectivity index (χ1v) is 6.04. The second-order valence-electron chi connectivity index (χ2n) is 3.83. The van der Waals surface area contributed by atoms with Crippen LogP contribution in [0.1, 0.15) is 16.8 Å². The SMILES string of the molecule is Cc1ccc(NCc2csc(N)n2)cc1C. The van der Waals surface area contributed by atoms with Crippen LogP contribution in [0.15, 0.2) is 23.6 Å². The molecular weight excluding hydrogens is 218 g/mol. The van der Waals surface area contributed by atoms with Gasteiger partial charge in [0.2, 0.25) is 0 Å². The zero-order valence-corrected chi connectivity index (χ0v) is 10.3. The molecule has 2 aromatic rings. The van der Waals surface area contributed by atoms with Crippen LogP contribution >= 0.6 is 11.3 Å². The predicted molar refractivity (Wildman–Crippen MR) is 69.8 cm³/mol. The average Bonchev–Trinajstić information content (AvgIpc) is 2.66. The van der Waals surface area contributed by atoms with Crippen molar-refractivity contribution in [1.82, 2.24) is 4.98 Å². The van der Waals surface area contributed by atoms with E-state index in [0.29, 0.717) is 5.13 Å². The average molecular weight is 233 g/mol. The van der Waals surface area contributed by atoms with Crippen molar-refractivity contribution >= 4 is 22.2 Å². The first kappa shape index (κ1) is 11.0. The summed E-state index contributed by atoms with van der Waals surface area (Å²) in [5.41, 5.74) is 10.3.